The molecule has 1 aromatic rings. The molecular formula is C14H24N4O. The van der Waals surface area contributed by atoms with Crippen molar-refractivity contribution < 1.29 is 5.11 Å². The summed E-state index contributed by atoms with van der Waals surface area (Å²) in [6, 6.07) is 0.796. The molecule has 5 nitrogen and oxygen atoms in total. The number of hydrogen-bond acceptors (Lipinski definition) is 4. The van der Waals surface area contributed by atoms with E-state index in [1.54, 1.807) is 0 Å². The molecular weight excluding hydrogens is 240 g/mol. The summed E-state index contributed by atoms with van der Waals surface area (Å²) in [5.41, 5.74) is 1.98. The lowest BCUT2D eigenvalue weighted by molar-refractivity contribution is 0.248. The number of rotatable bonds is 5. The van der Waals surface area contributed by atoms with Crippen LogP contribution in [0, 0.1) is 0 Å². The first kappa shape index (κ1) is 14.2. The van der Waals surface area contributed by atoms with Crippen molar-refractivity contribution in [3.05, 3.63) is 23.5 Å². The van der Waals surface area contributed by atoms with Crippen molar-refractivity contribution in [2.45, 2.75) is 58.2 Å². The predicted molar refractivity (Wildman–Crippen MR) is 74.7 cm³/mol. The van der Waals surface area contributed by atoms with E-state index in [1.165, 1.54) is 24.8 Å². The molecule has 2 rings (SSSR count). The van der Waals surface area contributed by atoms with E-state index in [0.29, 0.717) is 17.8 Å². The van der Waals surface area contributed by atoms with Crippen LogP contribution in [0.1, 0.15) is 51.3 Å². The van der Waals surface area contributed by atoms with Gasteiger partial charge in [0.1, 0.15) is 5.69 Å². The highest BCUT2D eigenvalue weighted by Gasteiger charge is 2.26. The fourth-order valence-corrected chi connectivity index (χ4v) is 2.63. The topological polar surface area (TPSA) is 63.0 Å². The molecule has 0 unspecified atom stereocenters. The lowest BCUT2D eigenvalue weighted by atomic mass is 9.90. The molecule has 1 aromatic heterocycles. The SMILES string of the molecule is CC(C)=CCN[C@H]1CCCC[C@H]1n1cc(CO)nn1. The van der Waals surface area contributed by atoms with Crippen LogP contribution >= 0.6 is 0 Å². The number of allylic oxidation sites excluding steroid dienone is 1. The Morgan fingerprint density at radius 3 is 2.95 bits per heavy atom. The zero-order valence-electron chi connectivity index (χ0n) is 11.8. The predicted octanol–water partition coefficient (Wildman–Crippen LogP) is 1.81. The monoisotopic (exact) mass is 264 g/mol. The number of nitrogens with zero attached hydrogens (tertiary/aromatic N) is 3. The van der Waals surface area contributed by atoms with Gasteiger partial charge in [-0.1, -0.05) is 29.7 Å². The zero-order valence-corrected chi connectivity index (χ0v) is 11.8. The number of hydrogen-bond donors (Lipinski definition) is 2. The van der Waals surface area contributed by atoms with Crippen molar-refractivity contribution in [3.8, 4) is 0 Å². The minimum Gasteiger partial charge on any atom is -0.390 e. The third-order valence-electron chi connectivity index (χ3n) is 3.68. The largest absolute Gasteiger partial charge is 0.390 e. The molecule has 0 amide bonds. The highest BCUT2D eigenvalue weighted by molar-refractivity contribution is 4.97. The highest BCUT2D eigenvalue weighted by atomic mass is 16.3. The zero-order chi connectivity index (χ0) is 13.7. The van der Waals surface area contributed by atoms with Gasteiger partial charge >= 0.3 is 0 Å². The molecule has 106 valence electrons. The van der Waals surface area contributed by atoms with E-state index in [-0.39, 0.29) is 6.61 Å². The molecule has 0 spiro atoms. The maximum atomic E-state index is 9.08. The van der Waals surface area contributed by atoms with Crippen molar-refractivity contribution in [3.63, 3.8) is 0 Å². The molecule has 19 heavy (non-hydrogen) atoms. The Bertz CT molecular complexity index is 423. The van der Waals surface area contributed by atoms with Gasteiger partial charge in [-0.05, 0) is 26.7 Å². The van der Waals surface area contributed by atoms with Crippen LogP contribution in [0.5, 0.6) is 0 Å². The second kappa shape index (κ2) is 6.82. The minimum absolute atomic E-state index is 0.0391. The Hall–Kier alpha value is -1.20. The van der Waals surface area contributed by atoms with E-state index in [0.717, 1.165) is 13.0 Å². The Kier molecular flexibility index (Phi) is 5.10. The Labute approximate surface area is 114 Å². The summed E-state index contributed by atoms with van der Waals surface area (Å²) in [6.07, 6.45) is 8.89. The van der Waals surface area contributed by atoms with Gasteiger partial charge < -0.3 is 10.4 Å². The highest BCUT2D eigenvalue weighted by Crippen LogP contribution is 2.28. The molecule has 1 heterocycles. The molecule has 0 radical (unpaired) electrons. The van der Waals surface area contributed by atoms with E-state index >= 15 is 0 Å². The molecule has 0 aromatic carbocycles. The summed E-state index contributed by atoms with van der Waals surface area (Å²) in [7, 11) is 0. The van der Waals surface area contributed by atoms with Gasteiger partial charge in [-0.15, -0.1) is 5.10 Å². The third-order valence-corrected chi connectivity index (χ3v) is 3.68. The van der Waals surface area contributed by atoms with Gasteiger partial charge in [0.05, 0.1) is 18.8 Å². The second-order valence-electron chi connectivity index (χ2n) is 5.50. The molecule has 2 atom stereocenters. The smallest absolute Gasteiger partial charge is 0.108 e. The molecule has 1 fully saturated rings. The summed E-state index contributed by atoms with van der Waals surface area (Å²) in [4.78, 5) is 0. The van der Waals surface area contributed by atoms with Crippen LogP contribution in [-0.4, -0.2) is 32.7 Å². The fraction of sp³-hybridized carbons (Fsp3) is 0.714. The lowest BCUT2D eigenvalue weighted by Crippen LogP contribution is -2.40. The average Bonchev–Trinajstić information content (AvgIpc) is 2.87. The summed E-state index contributed by atoms with van der Waals surface area (Å²) in [6.45, 7) is 5.10. The molecule has 0 saturated heterocycles. The Balaban J connectivity index is 2.00. The van der Waals surface area contributed by atoms with Crippen LogP contribution in [-0.2, 0) is 6.61 Å². The van der Waals surface area contributed by atoms with E-state index < -0.39 is 0 Å². The average molecular weight is 264 g/mol. The maximum absolute atomic E-state index is 9.08. The third kappa shape index (κ3) is 3.88. The quantitative estimate of drug-likeness (QED) is 0.796. The van der Waals surface area contributed by atoms with Crippen molar-refractivity contribution in [1.82, 2.24) is 20.3 Å². The van der Waals surface area contributed by atoms with E-state index in [4.69, 9.17) is 5.11 Å². The van der Waals surface area contributed by atoms with Crippen LogP contribution < -0.4 is 5.32 Å². The van der Waals surface area contributed by atoms with Crippen LogP contribution in [0.25, 0.3) is 0 Å². The molecule has 2 N–H and O–H groups in total. The van der Waals surface area contributed by atoms with Crippen LogP contribution in [0.4, 0.5) is 0 Å². The van der Waals surface area contributed by atoms with Gasteiger partial charge in [0.15, 0.2) is 0 Å². The van der Waals surface area contributed by atoms with E-state index in [1.807, 2.05) is 10.9 Å². The summed E-state index contributed by atoms with van der Waals surface area (Å²) in [5.74, 6) is 0. The molecule has 1 saturated carbocycles. The van der Waals surface area contributed by atoms with Gasteiger partial charge in [0, 0.05) is 12.6 Å². The molecule has 0 aliphatic heterocycles. The van der Waals surface area contributed by atoms with Crippen molar-refractivity contribution in [1.29, 1.82) is 0 Å². The first-order valence-corrected chi connectivity index (χ1v) is 7.09. The first-order chi connectivity index (χ1) is 9.20. The van der Waals surface area contributed by atoms with Crippen molar-refractivity contribution in [2.24, 2.45) is 0 Å². The van der Waals surface area contributed by atoms with E-state index in [9.17, 15) is 0 Å². The van der Waals surface area contributed by atoms with Gasteiger partial charge in [-0.25, -0.2) is 4.68 Å². The number of aromatic nitrogens is 3. The second-order valence-corrected chi connectivity index (χ2v) is 5.50. The van der Waals surface area contributed by atoms with Crippen LogP contribution in [0.2, 0.25) is 0 Å². The Morgan fingerprint density at radius 2 is 2.26 bits per heavy atom. The molecule has 0 bridgehead atoms. The van der Waals surface area contributed by atoms with Crippen molar-refractivity contribution >= 4 is 0 Å². The maximum Gasteiger partial charge on any atom is 0.108 e. The normalized spacial score (nSPS) is 23.3. The Morgan fingerprint density at radius 1 is 1.47 bits per heavy atom. The summed E-state index contributed by atoms with van der Waals surface area (Å²) < 4.78 is 1.92. The summed E-state index contributed by atoms with van der Waals surface area (Å²) in [5, 5.41) is 20.8. The fourth-order valence-electron chi connectivity index (χ4n) is 2.63. The van der Waals surface area contributed by atoms with E-state index in [2.05, 4.69) is 35.6 Å². The van der Waals surface area contributed by atoms with Gasteiger partial charge in [0.2, 0.25) is 0 Å². The van der Waals surface area contributed by atoms with Crippen molar-refractivity contribution in [2.75, 3.05) is 6.54 Å². The molecule has 1 aliphatic rings. The minimum atomic E-state index is -0.0391. The van der Waals surface area contributed by atoms with Crippen LogP contribution in [0.15, 0.2) is 17.8 Å². The molecule has 5 heteroatoms. The van der Waals surface area contributed by atoms with Gasteiger partial charge in [0.25, 0.3) is 0 Å². The first-order valence-electron chi connectivity index (χ1n) is 7.09. The van der Waals surface area contributed by atoms with Gasteiger partial charge in [-0.3, -0.25) is 0 Å². The summed E-state index contributed by atoms with van der Waals surface area (Å²) >= 11 is 0. The molecule has 1 aliphatic carbocycles. The number of nitrogens with one attached hydrogen (secondary N) is 1. The van der Waals surface area contributed by atoms with Crippen LogP contribution in [0.3, 0.4) is 0 Å². The number of aliphatic hydroxyl groups excluding tert-OH is 1. The lowest BCUT2D eigenvalue weighted by Gasteiger charge is -2.31. The van der Waals surface area contributed by atoms with Gasteiger partial charge in [-0.2, -0.15) is 0 Å². The number of aliphatic hydroxyl groups is 1. The standard InChI is InChI=1S/C14H24N4O/c1-11(2)7-8-15-13-5-3-4-6-14(13)18-9-12(10-19)16-17-18/h7,9,13-15,19H,3-6,8,10H2,1-2H3/t13-,14+/m0/s1.